The summed E-state index contributed by atoms with van der Waals surface area (Å²) in [5.74, 6) is 0.409. The fraction of sp³-hybridized carbons (Fsp3) is 0.562. The molecule has 1 aromatic carbocycles. The van der Waals surface area contributed by atoms with Gasteiger partial charge in [-0.05, 0) is 55.3 Å². The molecule has 108 valence electrons. The van der Waals surface area contributed by atoms with Gasteiger partial charge in [0.15, 0.2) is 0 Å². The highest BCUT2D eigenvalue weighted by molar-refractivity contribution is 9.10. The number of hydrogen-bond donors (Lipinski definition) is 2. The van der Waals surface area contributed by atoms with Crippen LogP contribution in [0.5, 0.6) is 0 Å². The Bertz CT molecular complexity index is 493. The molecule has 1 amide bonds. The van der Waals surface area contributed by atoms with E-state index in [2.05, 4.69) is 50.8 Å². The molecule has 0 radical (unpaired) electrons. The van der Waals surface area contributed by atoms with Crippen molar-refractivity contribution in [1.82, 2.24) is 10.6 Å². The molecule has 1 aliphatic heterocycles. The average molecular weight is 337 g/mol. The maximum absolute atomic E-state index is 12.1. The van der Waals surface area contributed by atoms with Crippen LogP contribution < -0.4 is 10.6 Å². The molecule has 2 N–H and O–H groups in total. The second kappa shape index (κ2) is 5.86. The lowest BCUT2D eigenvalue weighted by Crippen LogP contribution is -2.36. The van der Waals surface area contributed by atoms with Crippen LogP contribution in [-0.4, -0.2) is 25.5 Å². The van der Waals surface area contributed by atoms with Gasteiger partial charge in [-0.1, -0.05) is 28.1 Å². The first-order chi connectivity index (χ1) is 9.67. The SMILES string of the molecule is O=C(NCC1(Cc2cccc(Br)c2)CC1)C1CCNC1. The molecule has 1 aliphatic carbocycles. The van der Waals surface area contributed by atoms with Crippen molar-refractivity contribution in [3.05, 3.63) is 34.3 Å². The van der Waals surface area contributed by atoms with Crippen LogP contribution in [0.15, 0.2) is 28.7 Å². The minimum atomic E-state index is 0.177. The van der Waals surface area contributed by atoms with Crippen molar-refractivity contribution in [2.24, 2.45) is 11.3 Å². The van der Waals surface area contributed by atoms with Crippen LogP contribution in [0.2, 0.25) is 0 Å². The molecule has 1 unspecified atom stereocenters. The average Bonchev–Trinajstić information content (AvgIpc) is 2.98. The molecular weight excluding hydrogens is 316 g/mol. The van der Waals surface area contributed by atoms with Gasteiger partial charge in [0.1, 0.15) is 0 Å². The van der Waals surface area contributed by atoms with E-state index >= 15 is 0 Å². The van der Waals surface area contributed by atoms with Crippen molar-refractivity contribution in [2.45, 2.75) is 25.7 Å². The van der Waals surface area contributed by atoms with Crippen molar-refractivity contribution in [2.75, 3.05) is 19.6 Å². The quantitative estimate of drug-likeness (QED) is 0.867. The molecule has 3 nitrogen and oxygen atoms in total. The summed E-state index contributed by atoms with van der Waals surface area (Å²) in [5.41, 5.74) is 1.66. The minimum absolute atomic E-state index is 0.177. The lowest BCUT2D eigenvalue weighted by molar-refractivity contribution is -0.124. The summed E-state index contributed by atoms with van der Waals surface area (Å²) in [6, 6.07) is 8.49. The molecule has 1 atom stereocenters. The monoisotopic (exact) mass is 336 g/mol. The number of amides is 1. The molecule has 0 bridgehead atoms. The number of benzene rings is 1. The number of nitrogens with one attached hydrogen (secondary N) is 2. The van der Waals surface area contributed by atoms with E-state index in [1.807, 2.05) is 0 Å². The van der Waals surface area contributed by atoms with Crippen molar-refractivity contribution >= 4 is 21.8 Å². The van der Waals surface area contributed by atoms with E-state index in [1.54, 1.807) is 0 Å². The number of rotatable bonds is 5. The second-order valence-corrected chi connectivity index (χ2v) is 7.13. The smallest absolute Gasteiger partial charge is 0.224 e. The third-order valence-electron chi connectivity index (χ3n) is 4.49. The van der Waals surface area contributed by atoms with Crippen LogP contribution >= 0.6 is 15.9 Å². The van der Waals surface area contributed by atoms with Crippen LogP contribution in [0, 0.1) is 11.3 Å². The summed E-state index contributed by atoms with van der Waals surface area (Å²) in [7, 11) is 0. The van der Waals surface area contributed by atoms with Gasteiger partial charge < -0.3 is 10.6 Å². The number of carbonyl (C=O) groups excluding carboxylic acids is 1. The molecule has 0 aromatic heterocycles. The summed E-state index contributed by atoms with van der Waals surface area (Å²) >= 11 is 3.52. The van der Waals surface area contributed by atoms with Crippen LogP contribution in [0.1, 0.15) is 24.8 Å². The summed E-state index contributed by atoms with van der Waals surface area (Å²) in [5, 5.41) is 6.42. The minimum Gasteiger partial charge on any atom is -0.355 e. The van der Waals surface area contributed by atoms with E-state index in [-0.39, 0.29) is 11.8 Å². The maximum Gasteiger partial charge on any atom is 0.224 e. The molecule has 1 saturated carbocycles. The lowest BCUT2D eigenvalue weighted by atomic mass is 9.96. The highest BCUT2D eigenvalue weighted by atomic mass is 79.9. The Hall–Kier alpha value is -0.870. The Balaban J connectivity index is 1.53. The Morgan fingerprint density at radius 1 is 1.45 bits per heavy atom. The standard InChI is InChI=1S/C16H21BrN2O/c17-14-3-1-2-12(8-14)9-16(5-6-16)11-19-15(20)13-4-7-18-10-13/h1-3,8,13,18H,4-7,9-11H2,(H,19,20). The first kappa shape index (κ1) is 14.1. The molecule has 3 rings (SSSR count). The van der Waals surface area contributed by atoms with E-state index < -0.39 is 0 Å². The number of halogens is 1. The summed E-state index contributed by atoms with van der Waals surface area (Å²) < 4.78 is 1.13. The van der Waals surface area contributed by atoms with Gasteiger partial charge in [-0.3, -0.25) is 4.79 Å². The van der Waals surface area contributed by atoms with Crippen molar-refractivity contribution in [1.29, 1.82) is 0 Å². The van der Waals surface area contributed by atoms with Gasteiger partial charge in [0.05, 0.1) is 5.92 Å². The van der Waals surface area contributed by atoms with Gasteiger partial charge >= 0.3 is 0 Å². The molecule has 20 heavy (non-hydrogen) atoms. The normalized spacial score (nSPS) is 23.6. The Morgan fingerprint density at radius 3 is 2.95 bits per heavy atom. The van der Waals surface area contributed by atoms with Crippen molar-refractivity contribution in [3.8, 4) is 0 Å². The zero-order valence-electron chi connectivity index (χ0n) is 11.6. The van der Waals surface area contributed by atoms with Gasteiger partial charge in [0, 0.05) is 17.6 Å². The van der Waals surface area contributed by atoms with Gasteiger partial charge in [-0.25, -0.2) is 0 Å². The van der Waals surface area contributed by atoms with Gasteiger partial charge in [-0.15, -0.1) is 0 Å². The predicted molar refractivity (Wildman–Crippen MR) is 83.5 cm³/mol. The highest BCUT2D eigenvalue weighted by Crippen LogP contribution is 2.48. The van der Waals surface area contributed by atoms with E-state index in [0.29, 0.717) is 5.41 Å². The molecule has 1 saturated heterocycles. The predicted octanol–water partition coefficient (Wildman–Crippen LogP) is 2.50. The lowest BCUT2D eigenvalue weighted by Gasteiger charge is -2.18. The van der Waals surface area contributed by atoms with E-state index in [9.17, 15) is 4.79 Å². The van der Waals surface area contributed by atoms with E-state index in [0.717, 1.165) is 36.9 Å². The molecule has 1 aromatic rings. The van der Waals surface area contributed by atoms with Crippen LogP contribution in [0.3, 0.4) is 0 Å². The highest BCUT2D eigenvalue weighted by Gasteiger charge is 2.43. The van der Waals surface area contributed by atoms with Crippen LogP contribution in [0.25, 0.3) is 0 Å². The van der Waals surface area contributed by atoms with Crippen LogP contribution in [-0.2, 0) is 11.2 Å². The Labute approximate surface area is 128 Å². The van der Waals surface area contributed by atoms with E-state index in [1.165, 1.54) is 18.4 Å². The molecule has 2 fully saturated rings. The fourth-order valence-electron chi connectivity index (χ4n) is 2.97. The maximum atomic E-state index is 12.1. The third kappa shape index (κ3) is 3.41. The molecule has 0 spiro atoms. The Morgan fingerprint density at radius 2 is 2.30 bits per heavy atom. The second-order valence-electron chi connectivity index (χ2n) is 6.21. The molecule has 4 heteroatoms. The van der Waals surface area contributed by atoms with Crippen LogP contribution in [0.4, 0.5) is 0 Å². The summed E-state index contributed by atoms with van der Waals surface area (Å²) in [6.45, 7) is 2.64. The first-order valence-corrected chi connectivity index (χ1v) is 8.19. The van der Waals surface area contributed by atoms with Crippen molar-refractivity contribution < 1.29 is 4.79 Å². The molecule has 1 heterocycles. The zero-order valence-corrected chi connectivity index (χ0v) is 13.2. The first-order valence-electron chi connectivity index (χ1n) is 7.40. The van der Waals surface area contributed by atoms with Gasteiger partial charge in [-0.2, -0.15) is 0 Å². The van der Waals surface area contributed by atoms with Crippen molar-refractivity contribution in [3.63, 3.8) is 0 Å². The number of carbonyl (C=O) groups is 1. The topological polar surface area (TPSA) is 41.1 Å². The van der Waals surface area contributed by atoms with Gasteiger partial charge in [0.2, 0.25) is 5.91 Å². The summed E-state index contributed by atoms with van der Waals surface area (Å²) in [4.78, 5) is 12.1. The third-order valence-corrected chi connectivity index (χ3v) is 4.99. The summed E-state index contributed by atoms with van der Waals surface area (Å²) in [6.07, 6.45) is 4.49. The Kier molecular flexibility index (Phi) is 4.13. The number of hydrogen-bond acceptors (Lipinski definition) is 2. The van der Waals surface area contributed by atoms with Gasteiger partial charge in [0.25, 0.3) is 0 Å². The molecule has 2 aliphatic rings. The fourth-order valence-corrected chi connectivity index (χ4v) is 3.42. The molecular formula is C16H21BrN2O. The largest absolute Gasteiger partial charge is 0.355 e. The zero-order chi connectivity index (χ0) is 14.0. The van der Waals surface area contributed by atoms with E-state index in [4.69, 9.17) is 0 Å².